The van der Waals surface area contributed by atoms with E-state index in [4.69, 9.17) is 4.74 Å². The van der Waals surface area contributed by atoms with Crippen LogP contribution in [0.1, 0.15) is 10.4 Å². The van der Waals surface area contributed by atoms with Crippen LogP contribution in [0, 0.1) is 11.6 Å². The number of rotatable bonds is 3. The number of imidazole rings is 1. The Labute approximate surface area is 174 Å². The van der Waals surface area contributed by atoms with E-state index in [0.717, 1.165) is 17.7 Å². The largest absolute Gasteiger partial charge is 0.378 e. The van der Waals surface area contributed by atoms with Crippen molar-refractivity contribution in [3.05, 3.63) is 65.9 Å². The van der Waals surface area contributed by atoms with Gasteiger partial charge in [0.05, 0.1) is 25.1 Å². The molecule has 0 aliphatic carbocycles. The maximum atomic E-state index is 13.6. The number of nitrogens with zero attached hydrogens (tertiary/aromatic N) is 4. The number of hydrogen-bond acceptors (Lipinski definition) is 5. The van der Waals surface area contributed by atoms with Gasteiger partial charge in [0.1, 0.15) is 5.01 Å². The van der Waals surface area contributed by atoms with Gasteiger partial charge in [0.2, 0.25) is 4.96 Å². The summed E-state index contributed by atoms with van der Waals surface area (Å²) in [4.78, 5) is 19.3. The van der Waals surface area contributed by atoms with Crippen LogP contribution in [0.4, 0.5) is 8.78 Å². The number of aromatic nitrogens is 3. The fourth-order valence-electron chi connectivity index (χ4n) is 3.37. The molecule has 0 atom stereocenters. The molecule has 152 valence electrons. The summed E-state index contributed by atoms with van der Waals surface area (Å²) < 4.78 is 33.8. The van der Waals surface area contributed by atoms with Crippen LogP contribution >= 0.6 is 11.3 Å². The van der Waals surface area contributed by atoms with Crippen LogP contribution in [0.2, 0.25) is 0 Å². The minimum atomic E-state index is -0.918. The van der Waals surface area contributed by atoms with Crippen molar-refractivity contribution in [2.75, 3.05) is 26.3 Å². The summed E-state index contributed by atoms with van der Waals surface area (Å²) in [6.45, 7) is 2.31. The molecular formula is C21H16F2N4O2S. The molecule has 1 aliphatic rings. The monoisotopic (exact) mass is 426 g/mol. The first-order chi connectivity index (χ1) is 14.6. The van der Waals surface area contributed by atoms with Gasteiger partial charge in [0, 0.05) is 29.8 Å². The van der Waals surface area contributed by atoms with Gasteiger partial charge in [-0.25, -0.2) is 18.3 Å². The summed E-state index contributed by atoms with van der Waals surface area (Å²) in [5.74, 6) is -1.83. The molecule has 1 aliphatic heterocycles. The predicted molar refractivity (Wildman–Crippen MR) is 108 cm³/mol. The molecule has 9 heteroatoms. The number of hydrogen-bond donors (Lipinski definition) is 0. The zero-order valence-corrected chi connectivity index (χ0v) is 16.5. The zero-order chi connectivity index (χ0) is 20.7. The van der Waals surface area contributed by atoms with Crippen molar-refractivity contribution < 1.29 is 18.3 Å². The van der Waals surface area contributed by atoms with Gasteiger partial charge in [-0.15, -0.1) is 0 Å². The number of morpholine rings is 1. The summed E-state index contributed by atoms with van der Waals surface area (Å²) >= 11 is 1.38. The lowest BCUT2D eigenvalue weighted by atomic mass is 10.1. The molecular weight excluding hydrogens is 410 g/mol. The second kappa shape index (κ2) is 7.58. The minimum Gasteiger partial charge on any atom is -0.378 e. The van der Waals surface area contributed by atoms with E-state index in [9.17, 15) is 13.6 Å². The quantitative estimate of drug-likeness (QED) is 0.499. The van der Waals surface area contributed by atoms with Crippen LogP contribution in [0.3, 0.4) is 0 Å². The number of amides is 1. The van der Waals surface area contributed by atoms with Crippen LogP contribution in [-0.4, -0.2) is 51.7 Å². The van der Waals surface area contributed by atoms with E-state index in [1.165, 1.54) is 17.4 Å². The first kappa shape index (κ1) is 18.8. The van der Waals surface area contributed by atoms with Crippen molar-refractivity contribution in [1.82, 2.24) is 19.5 Å². The lowest BCUT2D eigenvalue weighted by Crippen LogP contribution is -2.40. The number of fused-ring (bicyclic) bond motifs is 1. The number of benzene rings is 2. The summed E-state index contributed by atoms with van der Waals surface area (Å²) in [5.41, 5.74) is 2.53. The van der Waals surface area contributed by atoms with Crippen LogP contribution in [0.5, 0.6) is 0 Å². The molecule has 4 aromatic rings. The van der Waals surface area contributed by atoms with E-state index in [2.05, 4.69) is 10.1 Å². The van der Waals surface area contributed by atoms with Crippen molar-refractivity contribution in [1.29, 1.82) is 0 Å². The Morgan fingerprint density at radius 1 is 1.00 bits per heavy atom. The molecule has 2 aromatic heterocycles. The number of halogens is 2. The second-order valence-electron chi connectivity index (χ2n) is 6.86. The molecule has 0 N–H and O–H groups in total. The third-order valence-corrected chi connectivity index (χ3v) is 5.95. The Morgan fingerprint density at radius 3 is 2.47 bits per heavy atom. The normalized spacial score (nSPS) is 14.4. The highest BCUT2D eigenvalue weighted by molar-refractivity contribution is 7.19. The molecule has 0 unspecified atom stereocenters. The second-order valence-corrected chi connectivity index (χ2v) is 7.81. The Balaban J connectivity index is 1.43. The van der Waals surface area contributed by atoms with Crippen molar-refractivity contribution in [3.8, 4) is 21.8 Å². The number of carbonyl (C=O) groups excluding carboxylic acids is 1. The fourth-order valence-corrected chi connectivity index (χ4v) is 4.25. The predicted octanol–water partition coefficient (Wildman–Crippen LogP) is 3.88. The molecule has 5 rings (SSSR count). The Bertz CT molecular complexity index is 1230. The van der Waals surface area contributed by atoms with E-state index >= 15 is 0 Å². The van der Waals surface area contributed by atoms with E-state index in [1.807, 2.05) is 12.1 Å². The molecule has 6 nitrogen and oxygen atoms in total. The van der Waals surface area contributed by atoms with Gasteiger partial charge in [0.25, 0.3) is 5.91 Å². The molecule has 3 heterocycles. The number of carbonyl (C=O) groups is 1. The first-order valence-corrected chi connectivity index (χ1v) is 10.2. The van der Waals surface area contributed by atoms with Crippen molar-refractivity contribution in [2.24, 2.45) is 0 Å². The highest BCUT2D eigenvalue weighted by Crippen LogP contribution is 2.30. The molecule has 30 heavy (non-hydrogen) atoms. The smallest absolute Gasteiger partial charge is 0.254 e. The van der Waals surface area contributed by atoms with Gasteiger partial charge in [-0.1, -0.05) is 23.5 Å². The van der Waals surface area contributed by atoms with Crippen LogP contribution in [0.15, 0.2) is 48.7 Å². The highest BCUT2D eigenvalue weighted by atomic mass is 32.1. The van der Waals surface area contributed by atoms with E-state index in [1.54, 1.807) is 27.7 Å². The minimum absolute atomic E-state index is 0.0144. The average Bonchev–Trinajstić information content (AvgIpc) is 3.37. The van der Waals surface area contributed by atoms with Crippen molar-refractivity contribution in [3.63, 3.8) is 0 Å². The zero-order valence-electron chi connectivity index (χ0n) is 15.7. The van der Waals surface area contributed by atoms with Crippen LogP contribution < -0.4 is 0 Å². The molecule has 2 aromatic carbocycles. The fraction of sp³-hybridized carbons (Fsp3) is 0.190. The molecule has 1 saturated heterocycles. The summed E-state index contributed by atoms with van der Waals surface area (Å²) in [6, 6.07) is 11.0. The lowest BCUT2D eigenvalue weighted by molar-refractivity contribution is 0.0303. The Hall–Kier alpha value is -3.17. The van der Waals surface area contributed by atoms with Gasteiger partial charge < -0.3 is 9.64 Å². The van der Waals surface area contributed by atoms with Crippen molar-refractivity contribution in [2.45, 2.75) is 0 Å². The molecule has 0 radical (unpaired) electrons. The maximum Gasteiger partial charge on any atom is 0.254 e. The topological polar surface area (TPSA) is 59.7 Å². The molecule has 1 fully saturated rings. The van der Waals surface area contributed by atoms with Crippen LogP contribution in [0.25, 0.3) is 26.8 Å². The maximum absolute atomic E-state index is 13.6. The third kappa shape index (κ3) is 3.35. The highest BCUT2D eigenvalue weighted by Gasteiger charge is 2.19. The van der Waals surface area contributed by atoms with Gasteiger partial charge in [0.15, 0.2) is 11.6 Å². The average molecular weight is 426 g/mol. The van der Waals surface area contributed by atoms with E-state index in [0.29, 0.717) is 53.1 Å². The molecule has 1 amide bonds. The molecule has 0 spiro atoms. The lowest BCUT2D eigenvalue weighted by Gasteiger charge is -2.26. The third-order valence-electron chi connectivity index (χ3n) is 4.98. The summed E-state index contributed by atoms with van der Waals surface area (Å²) in [6.07, 6.45) is 1.58. The van der Waals surface area contributed by atoms with Gasteiger partial charge >= 0.3 is 0 Å². The summed E-state index contributed by atoms with van der Waals surface area (Å²) in [5, 5.41) is 5.30. The van der Waals surface area contributed by atoms with Gasteiger partial charge in [-0.05, 0) is 30.3 Å². The van der Waals surface area contributed by atoms with Gasteiger partial charge in [-0.3, -0.25) is 4.79 Å². The Kier molecular flexibility index (Phi) is 4.76. The Morgan fingerprint density at radius 2 is 1.73 bits per heavy atom. The van der Waals surface area contributed by atoms with Crippen molar-refractivity contribution >= 4 is 22.2 Å². The molecule has 0 bridgehead atoms. The van der Waals surface area contributed by atoms with E-state index < -0.39 is 11.6 Å². The summed E-state index contributed by atoms with van der Waals surface area (Å²) in [7, 11) is 0. The van der Waals surface area contributed by atoms with Crippen LogP contribution in [-0.2, 0) is 4.74 Å². The van der Waals surface area contributed by atoms with Gasteiger partial charge in [-0.2, -0.15) is 5.10 Å². The molecule has 0 saturated carbocycles. The van der Waals surface area contributed by atoms with E-state index in [-0.39, 0.29) is 5.91 Å². The SMILES string of the molecule is O=C(c1ccc(-c2nn3c(-c4ccc(F)c(F)c4)cnc3s2)cc1)N1CCOCC1. The standard InChI is InChI=1S/C21H16F2N4O2S/c22-16-6-5-15(11-17(16)23)18-12-24-21-27(18)25-19(30-21)13-1-3-14(4-2-13)20(28)26-7-9-29-10-8-26/h1-6,11-12H,7-10H2. The number of ether oxygens (including phenoxy) is 1. The first-order valence-electron chi connectivity index (χ1n) is 9.37.